The van der Waals surface area contributed by atoms with Gasteiger partial charge in [0.2, 0.25) is 0 Å². The van der Waals surface area contributed by atoms with Crippen LogP contribution in [0.2, 0.25) is 0 Å². The molecule has 0 heterocycles. The van der Waals surface area contributed by atoms with E-state index in [-0.39, 0.29) is 17.0 Å². The first-order chi connectivity index (χ1) is 12.6. The highest BCUT2D eigenvalue weighted by Crippen LogP contribution is 2.49. The van der Waals surface area contributed by atoms with E-state index in [2.05, 4.69) is 10.6 Å². The van der Waals surface area contributed by atoms with Crippen molar-refractivity contribution in [2.24, 2.45) is 4.99 Å². The molecule has 0 radical (unpaired) electrons. The number of phenolic OH excluding ortho intramolecular Hbond substituents is 1. The molecule has 0 saturated heterocycles. The minimum absolute atomic E-state index is 0.137. The smallest absolute Gasteiger partial charge is 0.191 e. The number of hydrogen-bond donors (Lipinski definition) is 3. The molecule has 0 aliphatic heterocycles. The van der Waals surface area contributed by atoms with E-state index in [9.17, 15) is 9.50 Å². The lowest BCUT2D eigenvalue weighted by Gasteiger charge is -2.16. The van der Waals surface area contributed by atoms with Gasteiger partial charge in [0.05, 0.1) is 6.54 Å². The summed E-state index contributed by atoms with van der Waals surface area (Å²) in [6.07, 6.45) is 2.73. The van der Waals surface area contributed by atoms with Gasteiger partial charge in [0.15, 0.2) is 5.96 Å². The fourth-order valence-corrected chi connectivity index (χ4v) is 3.16. The van der Waals surface area contributed by atoms with Gasteiger partial charge in [0, 0.05) is 18.5 Å². The SMILES string of the molecule is CCNC(=NCC1(c2ccccc2F)CC1)NCCc1cccc(O)c1. The molecule has 3 rings (SSSR count). The first-order valence-electron chi connectivity index (χ1n) is 9.18. The Balaban J connectivity index is 1.60. The number of phenols is 1. The number of aromatic hydroxyl groups is 1. The van der Waals surface area contributed by atoms with Crippen molar-refractivity contribution >= 4 is 5.96 Å². The van der Waals surface area contributed by atoms with Crippen LogP contribution in [0.25, 0.3) is 0 Å². The van der Waals surface area contributed by atoms with E-state index < -0.39 is 0 Å². The van der Waals surface area contributed by atoms with Crippen LogP contribution in [0, 0.1) is 5.82 Å². The van der Waals surface area contributed by atoms with Crippen molar-refractivity contribution in [1.29, 1.82) is 0 Å². The maximum Gasteiger partial charge on any atom is 0.191 e. The van der Waals surface area contributed by atoms with Gasteiger partial charge in [-0.15, -0.1) is 0 Å². The van der Waals surface area contributed by atoms with Crippen LogP contribution in [0.4, 0.5) is 4.39 Å². The van der Waals surface area contributed by atoms with Gasteiger partial charge in [-0.1, -0.05) is 30.3 Å². The van der Waals surface area contributed by atoms with Gasteiger partial charge in [-0.05, 0) is 55.5 Å². The Morgan fingerprint density at radius 3 is 2.65 bits per heavy atom. The molecule has 1 aliphatic rings. The average Bonchev–Trinajstić information content (AvgIpc) is 3.41. The second kappa shape index (κ2) is 8.21. The predicted molar refractivity (Wildman–Crippen MR) is 103 cm³/mol. The molecule has 3 N–H and O–H groups in total. The molecule has 0 bridgehead atoms. The largest absolute Gasteiger partial charge is 0.508 e. The van der Waals surface area contributed by atoms with Crippen LogP contribution < -0.4 is 10.6 Å². The minimum atomic E-state index is -0.154. The van der Waals surface area contributed by atoms with Crippen molar-refractivity contribution in [3.8, 4) is 5.75 Å². The standard InChI is InChI=1S/C21H26FN3O/c1-2-23-20(24-13-10-16-6-5-7-17(26)14-16)25-15-21(11-12-21)18-8-3-4-9-19(18)22/h3-9,14,26H,2,10-13,15H2,1H3,(H2,23,24,25). The summed E-state index contributed by atoms with van der Waals surface area (Å²) in [7, 11) is 0. The van der Waals surface area contributed by atoms with Gasteiger partial charge >= 0.3 is 0 Å². The fourth-order valence-electron chi connectivity index (χ4n) is 3.16. The van der Waals surface area contributed by atoms with Crippen molar-refractivity contribution in [3.63, 3.8) is 0 Å². The van der Waals surface area contributed by atoms with Crippen LogP contribution in [0.3, 0.4) is 0 Å². The Hall–Kier alpha value is -2.56. The van der Waals surface area contributed by atoms with E-state index in [1.165, 1.54) is 6.07 Å². The van der Waals surface area contributed by atoms with E-state index in [4.69, 9.17) is 4.99 Å². The molecule has 1 saturated carbocycles. The molecule has 1 aliphatic carbocycles. The van der Waals surface area contributed by atoms with Crippen molar-refractivity contribution < 1.29 is 9.50 Å². The Kier molecular flexibility index (Phi) is 5.76. The summed E-state index contributed by atoms with van der Waals surface area (Å²) in [6.45, 7) is 4.08. The molecule has 0 unspecified atom stereocenters. The third-order valence-electron chi connectivity index (χ3n) is 4.80. The highest BCUT2D eigenvalue weighted by atomic mass is 19.1. The summed E-state index contributed by atoms with van der Waals surface area (Å²) in [6, 6.07) is 14.3. The second-order valence-corrected chi connectivity index (χ2v) is 6.80. The summed E-state index contributed by atoms with van der Waals surface area (Å²) < 4.78 is 14.1. The normalized spacial score (nSPS) is 15.5. The van der Waals surface area contributed by atoms with Crippen LogP contribution in [-0.4, -0.2) is 30.7 Å². The summed E-state index contributed by atoms with van der Waals surface area (Å²) in [5.74, 6) is 0.890. The molecule has 0 spiro atoms. The van der Waals surface area contributed by atoms with Gasteiger partial charge in [0.1, 0.15) is 11.6 Å². The molecule has 2 aromatic carbocycles. The highest BCUT2D eigenvalue weighted by molar-refractivity contribution is 5.79. The maximum absolute atomic E-state index is 14.1. The molecule has 2 aromatic rings. The van der Waals surface area contributed by atoms with Crippen LogP contribution in [-0.2, 0) is 11.8 Å². The molecule has 0 amide bonds. The van der Waals surface area contributed by atoms with Gasteiger partial charge in [-0.3, -0.25) is 4.99 Å². The monoisotopic (exact) mass is 355 g/mol. The molecule has 5 heteroatoms. The Morgan fingerprint density at radius 2 is 1.96 bits per heavy atom. The third-order valence-corrected chi connectivity index (χ3v) is 4.80. The average molecular weight is 355 g/mol. The first-order valence-corrected chi connectivity index (χ1v) is 9.18. The predicted octanol–water partition coefficient (Wildman–Crippen LogP) is 3.36. The van der Waals surface area contributed by atoms with Gasteiger partial charge in [0.25, 0.3) is 0 Å². The molecular weight excluding hydrogens is 329 g/mol. The summed E-state index contributed by atoms with van der Waals surface area (Å²) in [4.78, 5) is 4.69. The van der Waals surface area contributed by atoms with E-state index in [0.29, 0.717) is 13.1 Å². The van der Waals surface area contributed by atoms with Gasteiger partial charge < -0.3 is 15.7 Å². The zero-order valence-electron chi connectivity index (χ0n) is 15.1. The lowest BCUT2D eigenvalue weighted by molar-refractivity contribution is 0.474. The van der Waals surface area contributed by atoms with Crippen LogP contribution in [0.5, 0.6) is 5.75 Å². The number of nitrogens with one attached hydrogen (secondary N) is 2. The Labute approximate surface area is 154 Å². The van der Waals surface area contributed by atoms with Gasteiger partial charge in [-0.25, -0.2) is 4.39 Å². The van der Waals surface area contributed by atoms with Crippen LogP contribution in [0.15, 0.2) is 53.5 Å². The number of aliphatic imine (C=N–C) groups is 1. The molecule has 0 atom stereocenters. The molecule has 0 aromatic heterocycles. The van der Waals surface area contributed by atoms with Gasteiger partial charge in [-0.2, -0.15) is 0 Å². The molecule has 1 fully saturated rings. The number of halogens is 1. The second-order valence-electron chi connectivity index (χ2n) is 6.80. The summed E-state index contributed by atoms with van der Waals surface area (Å²) in [5, 5.41) is 16.1. The quantitative estimate of drug-likeness (QED) is 0.527. The van der Waals surface area contributed by atoms with Crippen molar-refractivity contribution in [2.75, 3.05) is 19.6 Å². The van der Waals surface area contributed by atoms with E-state index >= 15 is 0 Å². The highest BCUT2D eigenvalue weighted by Gasteiger charge is 2.45. The lowest BCUT2D eigenvalue weighted by Crippen LogP contribution is -2.39. The molecule has 26 heavy (non-hydrogen) atoms. The maximum atomic E-state index is 14.1. The lowest BCUT2D eigenvalue weighted by atomic mass is 9.95. The zero-order valence-corrected chi connectivity index (χ0v) is 15.1. The summed E-state index contributed by atoms with van der Waals surface area (Å²) >= 11 is 0. The van der Waals surface area contributed by atoms with Crippen LogP contribution >= 0.6 is 0 Å². The number of nitrogens with zero attached hydrogens (tertiary/aromatic N) is 1. The minimum Gasteiger partial charge on any atom is -0.508 e. The number of benzene rings is 2. The molecule has 138 valence electrons. The number of hydrogen-bond acceptors (Lipinski definition) is 2. The van der Waals surface area contributed by atoms with E-state index in [0.717, 1.165) is 42.9 Å². The third kappa shape index (κ3) is 4.54. The fraction of sp³-hybridized carbons (Fsp3) is 0.381. The number of rotatable bonds is 7. The topological polar surface area (TPSA) is 56.7 Å². The van der Waals surface area contributed by atoms with Crippen molar-refractivity contribution in [2.45, 2.75) is 31.6 Å². The summed E-state index contributed by atoms with van der Waals surface area (Å²) in [5.41, 5.74) is 1.69. The van der Waals surface area contributed by atoms with Crippen molar-refractivity contribution in [3.05, 3.63) is 65.5 Å². The van der Waals surface area contributed by atoms with Crippen molar-refractivity contribution in [1.82, 2.24) is 10.6 Å². The van der Waals surface area contributed by atoms with E-state index in [1.807, 2.05) is 31.2 Å². The molecule has 4 nitrogen and oxygen atoms in total. The Morgan fingerprint density at radius 1 is 1.15 bits per heavy atom. The zero-order chi connectivity index (χ0) is 18.4. The first kappa shape index (κ1) is 18.2. The Bertz CT molecular complexity index is 771. The van der Waals surface area contributed by atoms with Crippen LogP contribution in [0.1, 0.15) is 30.9 Å². The number of guanidine groups is 1. The van der Waals surface area contributed by atoms with E-state index in [1.54, 1.807) is 18.2 Å². The molecular formula is C21H26FN3O.